The summed E-state index contributed by atoms with van der Waals surface area (Å²) in [5.41, 5.74) is 2.30. The smallest absolute Gasteiger partial charge is 0.126 e. The Bertz CT molecular complexity index is 561. The van der Waals surface area contributed by atoms with Crippen LogP contribution in [0.4, 0.5) is 0 Å². The minimum atomic E-state index is -0.0412. The summed E-state index contributed by atoms with van der Waals surface area (Å²) in [5, 5.41) is 0. The van der Waals surface area contributed by atoms with Gasteiger partial charge in [-0.2, -0.15) is 0 Å². The summed E-state index contributed by atoms with van der Waals surface area (Å²) in [7, 11) is 0. The molecule has 0 radical (unpaired) electrons. The highest BCUT2D eigenvalue weighted by Gasteiger charge is 2.02. The summed E-state index contributed by atoms with van der Waals surface area (Å²) < 4.78 is 5.64. The Morgan fingerprint density at radius 3 is 2.32 bits per heavy atom. The van der Waals surface area contributed by atoms with Crippen molar-refractivity contribution in [1.29, 1.82) is 0 Å². The van der Waals surface area contributed by atoms with Crippen molar-refractivity contribution >= 4 is 12.4 Å². The lowest BCUT2D eigenvalue weighted by Gasteiger charge is -2.06. The van der Waals surface area contributed by atoms with Gasteiger partial charge in [-0.3, -0.25) is 0 Å². The number of aldehydes is 1. The van der Waals surface area contributed by atoms with Crippen LogP contribution in [-0.4, -0.2) is 12.9 Å². The van der Waals surface area contributed by atoms with E-state index in [0.29, 0.717) is 13.2 Å². The fraction of sp³-hybridized carbons (Fsp3) is 0.250. The van der Waals surface area contributed by atoms with Gasteiger partial charge in [0, 0.05) is 12.5 Å². The summed E-state index contributed by atoms with van der Waals surface area (Å²) >= 11 is 0. The second-order valence-electron chi connectivity index (χ2n) is 5.25. The number of hydrogen-bond donors (Lipinski definition) is 0. The normalized spacial score (nSPS) is 12.4. The molecule has 0 aliphatic rings. The number of rotatable bonds is 9. The van der Waals surface area contributed by atoms with Crippen LogP contribution in [0, 0.1) is 5.92 Å². The third kappa shape index (κ3) is 6.06. The summed E-state index contributed by atoms with van der Waals surface area (Å²) in [5.74, 6) is -0.0412. The van der Waals surface area contributed by atoms with E-state index in [4.69, 9.17) is 4.74 Å². The van der Waals surface area contributed by atoms with E-state index in [1.54, 1.807) is 0 Å². The summed E-state index contributed by atoms with van der Waals surface area (Å²) in [6.07, 6.45) is 6.69. The third-order valence-corrected chi connectivity index (χ3v) is 3.45. The molecule has 0 unspecified atom stereocenters. The highest BCUT2D eigenvalue weighted by molar-refractivity contribution is 5.61. The van der Waals surface area contributed by atoms with Gasteiger partial charge >= 0.3 is 0 Å². The number of allylic oxidation sites excluding steroid dienone is 1. The van der Waals surface area contributed by atoms with Gasteiger partial charge in [0.15, 0.2) is 0 Å². The van der Waals surface area contributed by atoms with Gasteiger partial charge in [0.1, 0.15) is 6.29 Å². The monoisotopic (exact) mass is 294 g/mol. The lowest BCUT2D eigenvalue weighted by atomic mass is 10.0. The molecule has 0 saturated heterocycles. The highest BCUT2D eigenvalue weighted by atomic mass is 16.5. The maximum Gasteiger partial charge on any atom is 0.126 e. The van der Waals surface area contributed by atoms with Gasteiger partial charge in [-0.15, -0.1) is 0 Å². The van der Waals surface area contributed by atoms with Crippen LogP contribution in [0.25, 0.3) is 6.08 Å². The summed E-state index contributed by atoms with van der Waals surface area (Å²) in [6, 6.07) is 20.1. The predicted octanol–water partition coefficient (Wildman–Crippen LogP) is 4.51. The maximum absolute atomic E-state index is 11.1. The second kappa shape index (κ2) is 9.69. The zero-order chi connectivity index (χ0) is 15.5. The van der Waals surface area contributed by atoms with Gasteiger partial charge < -0.3 is 9.53 Å². The van der Waals surface area contributed by atoms with Gasteiger partial charge in [0.25, 0.3) is 0 Å². The molecule has 0 fully saturated rings. The van der Waals surface area contributed by atoms with Crippen molar-refractivity contribution in [3.05, 3.63) is 77.9 Å². The van der Waals surface area contributed by atoms with Crippen molar-refractivity contribution in [1.82, 2.24) is 0 Å². The molecule has 0 bridgehead atoms. The van der Waals surface area contributed by atoms with Crippen LogP contribution >= 0.6 is 0 Å². The predicted molar refractivity (Wildman–Crippen MR) is 90.4 cm³/mol. The molecule has 0 N–H and O–H groups in total. The molecular weight excluding hydrogens is 272 g/mol. The van der Waals surface area contributed by atoms with Gasteiger partial charge in [0.05, 0.1) is 6.61 Å². The first-order chi connectivity index (χ1) is 10.9. The first-order valence-corrected chi connectivity index (χ1v) is 7.68. The lowest BCUT2D eigenvalue weighted by Crippen LogP contribution is -2.02. The molecule has 0 saturated carbocycles. The number of carbonyl (C=O) groups excluding carboxylic acids is 1. The summed E-state index contributed by atoms with van der Waals surface area (Å²) in [6.45, 7) is 1.31. The molecule has 2 aromatic rings. The van der Waals surface area contributed by atoms with Crippen molar-refractivity contribution in [2.45, 2.75) is 19.4 Å². The standard InChI is InChI=1S/C20H22O2/c21-16-19(14-13-18-8-3-1-4-9-18)12-7-15-22-17-20-10-5-2-6-11-20/h1-6,8-11,13-14,16,19H,7,12,15,17H2/b14-13+/t19-/m1/s1. The Hall–Kier alpha value is -2.19. The number of benzene rings is 2. The number of ether oxygens (including phenoxy) is 1. The van der Waals surface area contributed by atoms with Crippen molar-refractivity contribution < 1.29 is 9.53 Å². The first-order valence-electron chi connectivity index (χ1n) is 7.68. The first kappa shape index (κ1) is 16.2. The fourth-order valence-electron chi connectivity index (χ4n) is 2.19. The highest BCUT2D eigenvalue weighted by Crippen LogP contribution is 2.10. The minimum Gasteiger partial charge on any atom is -0.377 e. The average Bonchev–Trinajstić information content (AvgIpc) is 2.59. The van der Waals surface area contributed by atoms with Crippen LogP contribution in [-0.2, 0) is 16.1 Å². The van der Waals surface area contributed by atoms with Crippen molar-refractivity contribution in [3.63, 3.8) is 0 Å². The fourth-order valence-corrected chi connectivity index (χ4v) is 2.19. The minimum absolute atomic E-state index is 0.0412. The number of hydrogen-bond acceptors (Lipinski definition) is 2. The quantitative estimate of drug-likeness (QED) is 0.502. The van der Waals surface area contributed by atoms with Crippen LogP contribution in [0.15, 0.2) is 66.7 Å². The van der Waals surface area contributed by atoms with E-state index in [-0.39, 0.29) is 5.92 Å². The van der Waals surface area contributed by atoms with Gasteiger partial charge in [-0.1, -0.05) is 72.8 Å². The van der Waals surface area contributed by atoms with Crippen LogP contribution in [0.1, 0.15) is 24.0 Å². The molecule has 0 spiro atoms. The molecule has 2 nitrogen and oxygen atoms in total. The molecule has 0 amide bonds. The third-order valence-electron chi connectivity index (χ3n) is 3.45. The Morgan fingerprint density at radius 1 is 0.955 bits per heavy atom. The molecule has 0 aliphatic heterocycles. The van der Waals surface area contributed by atoms with Crippen molar-refractivity contribution in [3.8, 4) is 0 Å². The van der Waals surface area contributed by atoms with Gasteiger partial charge in [0.2, 0.25) is 0 Å². The van der Waals surface area contributed by atoms with Crippen molar-refractivity contribution in [2.75, 3.05) is 6.61 Å². The van der Waals surface area contributed by atoms with Crippen molar-refractivity contribution in [2.24, 2.45) is 5.92 Å². The van der Waals surface area contributed by atoms with Gasteiger partial charge in [-0.25, -0.2) is 0 Å². The van der Waals surface area contributed by atoms with E-state index in [1.807, 2.05) is 60.7 Å². The molecule has 22 heavy (non-hydrogen) atoms. The molecule has 2 heteroatoms. The average molecular weight is 294 g/mol. The number of carbonyl (C=O) groups is 1. The topological polar surface area (TPSA) is 26.3 Å². The summed E-state index contributed by atoms with van der Waals surface area (Å²) in [4.78, 5) is 11.1. The van der Waals surface area contributed by atoms with Gasteiger partial charge in [-0.05, 0) is 24.0 Å². The van der Waals surface area contributed by atoms with E-state index >= 15 is 0 Å². The largest absolute Gasteiger partial charge is 0.377 e. The van der Waals surface area contributed by atoms with E-state index in [1.165, 1.54) is 5.56 Å². The molecule has 1 atom stereocenters. The van der Waals surface area contributed by atoms with Crippen LogP contribution in [0.5, 0.6) is 0 Å². The van der Waals surface area contributed by atoms with E-state index < -0.39 is 0 Å². The van der Waals surface area contributed by atoms with E-state index in [2.05, 4.69) is 12.1 Å². The van der Waals surface area contributed by atoms with Crippen LogP contribution in [0.2, 0.25) is 0 Å². The Labute approximate surface area is 132 Å². The molecular formula is C20H22O2. The molecule has 0 heterocycles. The SMILES string of the molecule is O=C[C@@H](/C=C/c1ccccc1)CCCOCc1ccccc1. The molecule has 0 aromatic heterocycles. The van der Waals surface area contributed by atoms with Crippen LogP contribution in [0.3, 0.4) is 0 Å². The Kier molecular flexibility index (Phi) is 7.13. The Morgan fingerprint density at radius 2 is 1.64 bits per heavy atom. The molecule has 0 aliphatic carbocycles. The van der Waals surface area contributed by atoms with Crippen LogP contribution < -0.4 is 0 Å². The molecule has 2 rings (SSSR count). The zero-order valence-corrected chi connectivity index (χ0v) is 12.7. The van der Waals surface area contributed by atoms with E-state index in [0.717, 1.165) is 24.7 Å². The zero-order valence-electron chi connectivity index (χ0n) is 12.7. The lowest BCUT2D eigenvalue weighted by molar-refractivity contribution is -0.110. The molecule has 114 valence electrons. The van der Waals surface area contributed by atoms with E-state index in [9.17, 15) is 4.79 Å². The Balaban J connectivity index is 1.66. The maximum atomic E-state index is 11.1. The second-order valence-corrected chi connectivity index (χ2v) is 5.25. The molecule has 2 aromatic carbocycles.